The lowest BCUT2D eigenvalue weighted by atomic mass is 10.0. The molecule has 3 rings (SSSR count). The zero-order valence-corrected chi connectivity index (χ0v) is 18.4. The standard InChI is InChI=1S/C25H25N3O5/c1-17-7-6-10-22(18(17)2)26-24(29)23(15-19-11-13-21(14-12-19)28(31)32)27-25(30)33-16-20-8-4-3-5-9-20/h3-14,23H,15-16H2,1-2H3,(H,26,29)(H,27,30)/t23-/m1/s1. The summed E-state index contributed by atoms with van der Waals surface area (Å²) in [6, 6.07) is 19.7. The highest BCUT2D eigenvalue weighted by Gasteiger charge is 2.23. The Labute approximate surface area is 191 Å². The Morgan fingerprint density at radius 3 is 2.30 bits per heavy atom. The number of carbonyl (C=O) groups is 2. The van der Waals surface area contributed by atoms with E-state index in [9.17, 15) is 19.7 Å². The number of amides is 2. The van der Waals surface area contributed by atoms with Gasteiger partial charge >= 0.3 is 6.09 Å². The predicted octanol–water partition coefficient (Wildman–Crippen LogP) is 4.69. The first-order valence-electron chi connectivity index (χ1n) is 10.4. The average Bonchev–Trinajstić information content (AvgIpc) is 2.81. The molecule has 0 saturated heterocycles. The van der Waals surface area contributed by atoms with Crippen LogP contribution >= 0.6 is 0 Å². The first-order chi connectivity index (χ1) is 15.8. The maximum absolute atomic E-state index is 13.1. The number of non-ortho nitro benzene ring substituents is 1. The zero-order chi connectivity index (χ0) is 23.8. The van der Waals surface area contributed by atoms with Crippen molar-refractivity contribution in [3.05, 3.63) is 105 Å². The SMILES string of the molecule is Cc1cccc(NC(=O)[C@@H](Cc2ccc([N+](=O)[O-])cc2)NC(=O)OCc2ccccc2)c1C. The summed E-state index contributed by atoms with van der Waals surface area (Å²) < 4.78 is 5.27. The normalized spacial score (nSPS) is 11.3. The molecule has 0 heterocycles. The van der Waals surface area contributed by atoms with Gasteiger partial charge in [-0.25, -0.2) is 4.79 Å². The summed E-state index contributed by atoms with van der Waals surface area (Å²) in [5.74, 6) is -0.418. The van der Waals surface area contributed by atoms with Crippen LogP contribution < -0.4 is 10.6 Å². The van der Waals surface area contributed by atoms with E-state index >= 15 is 0 Å². The van der Waals surface area contributed by atoms with E-state index in [0.29, 0.717) is 11.3 Å². The smallest absolute Gasteiger partial charge is 0.408 e. The lowest BCUT2D eigenvalue weighted by molar-refractivity contribution is -0.384. The van der Waals surface area contributed by atoms with E-state index in [1.807, 2.05) is 56.3 Å². The van der Waals surface area contributed by atoms with E-state index in [-0.39, 0.29) is 18.7 Å². The molecule has 0 aliphatic rings. The molecule has 0 aliphatic carbocycles. The van der Waals surface area contributed by atoms with E-state index in [1.165, 1.54) is 12.1 Å². The second kappa shape index (κ2) is 10.9. The van der Waals surface area contributed by atoms with E-state index in [1.54, 1.807) is 18.2 Å². The number of carbonyl (C=O) groups excluding carboxylic acids is 2. The van der Waals surface area contributed by atoms with Crippen molar-refractivity contribution in [1.82, 2.24) is 5.32 Å². The minimum atomic E-state index is -0.949. The van der Waals surface area contributed by atoms with Crippen molar-refractivity contribution < 1.29 is 19.2 Å². The van der Waals surface area contributed by atoms with Crippen molar-refractivity contribution >= 4 is 23.4 Å². The molecule has 2 amide bonds. The van der Waals surface area contributed by atoms with E-state index in [4.69, 9.17) is 4.74 Å². The zero-order valence-electron chi connectivity index (χ0n) is 18.4. The largest absolute Gasteiger partial charge is 0.445 e. The van der Waals surface area contributed by atoms with Gasteiger partial charge in [0.05, 0.1) is 4.92 Å². The van der Waals surface area contributed by atoms with Gasteiger partial charge in [-0.2, -0.15) is 0 Å². The van der Waals surface area contributed by atoms with Gasteiger partial charge in [0.15, 0.2) is 0 Å². The number of aryl methyl sites for hydroxylation is 1. The quantitative estimate of drug-likeness (QED) is 0.385. The van der Waals surface area contributed by atoms with Crippen LogP contribution in [-0.2, 0) is 22.6 Å². The molecule has 0 aromatic heterocycles. The minimum Gasteiger partial charge on any atom is -0.445 e. The number of alkyl carbamates (subject to hydrolysis) is 1. The first kappa shape index (κ1) is 23.5. The van der Waals surface area contributed by atoms with Gasteiger partial charge in [0, 0.05) is 24.2 Å². The van der Waals surface area contributed by atoms with Gasteiger partial charge in [-0.15, -0.1) is 0 Å². The third-order valence-corrected chi connectivity index (χ3v) is 5.27. The Hall–Kier alpha value is -4.20. The molecule has 0 spiro atoms. The van der Waals surface area contributed by atoms with Crippen LogP contribution in [0.15, 0.2) is 72.8 Å². The highest BCUT2D eigenvalue weighted by Crippen LogP contribution is 2.19. The highest BCUT2D eigenvalue weighted by molar-refractivity contribution is 5.97. The molecule has 8 heteroatoms. The maximum Gasteiger partial charge on any atom is 0.408 e. The van der Waals surface area contributed by atoms with Gasteiger partial charge in [-0.1, -0.05) is 54.6 Å². The van der Waals surface area contributed by atoms with E-state index in [0.717, 1.165) is 16.7 Å². The van der Waals surface area contributed by atoms with Gasteiger partial charge in [0.2, 0.25) is 5.91 Å². The Morgan fingerprint density at radius 2 is 1.64 bits per heavy atom. The number of hydrogen-bond acceptors (Lipinski definition) is 5. The summed E-state index contributed by atoms with van der Waals surface area (Å²) in [4.78, 5) is 35.9. The number of benzene rings is 3. The van der Waals surface area contributed by atoms with Crippen LogP contribution in [0.1, 0.15) is 22.3 Å². The van der Waals surface area contributed by atoms with Crippen LogP contribution in [0.25, 0.3) is 0 Å². The topological polar surface area (TPSA) is 111 Å². The molecule has 2 N–H and O–H groups in total. The van der Waals surface area contributed by atoms with E-state index < -0.39 is 23.0 Å². The summed E-state index contributed by atoms with van der Waals surface area (Å²) in [6.45, 7) is 3.91. The number of nitrogens with zero attached hydrogens (tertiary/aromatic N) is 1. The fraction of sp³-hybridized carbons (Fsp3) is 0.200. The number of hydrogen-bond donors (Lipinski definition) is 2. The molecular formula is C25H25N3O5. The van der Waals surface area contributed by atoms with Crippen molar-refractivity contribution in [2.75, 3.05) is 5.32 Å². The highest BCUT2D eigenvalue weighted by atomic mass is 16.6. The van der Waals surface area contributed by atoms with Crippen LogP contribution in [0.5, 0.6) is 0 Å². The fourth-order valence-corrected chi connectivity index (χ4v) is 3.21. The van der Waals surface area contributed by atoms with Crippen molar-refractivity contribution in [3.8, 4) is 0 Å². The molecule has 8 nitrogen and oxygen atoms in total. The number of rotatable bonds is 8. The summed E-state index contributed by atoms with van der Waals surface area (Å²) >= 11 is 0. The predicted molar refractivity (Wildman–Crippen MR) is 125 cm³/mol. The summed E-state index contributed by atoms with van der Waals surface area (Å²) in [5, 5.41) is 16.4. The molecule has 170 valence electrons. The molecule has 3 aromatic carbocycles. The molecule has 33 heavy (non-hydrogen) atoms. The summed E-state index contributed by atoms with van der Waals surface area (Å²) in [7, 11) is 0. The Balaban J connectivity index is 1.74. The molecule has 0 unspecified atom stereocenters. The Kier molecular flexibility index (Phi) is 7.75. The number of nitro groups is 1. The van der Waals surface area contributed by atoms with Crippen LogP contribution in [0.4, 0.5) is 16.2 Å². The van der Waals surface area contributed by atoms with E-state index in [2.05, 4.69) is 10.6 Å². The van der Waals surface area contributed by atoms with Crippen LogP contribution in [0.3, 0.4) is 0 Å². The van der Waals surface area contributed by atoms with Crippen molar-refractivity contribution in [2.24, 2.45) is 0 Å². The summed E-state index contributed by atoms with van der Waals surface area (Å²) in [6.07, 6.45) is -0.600. The minimum absolute atomic E-state index is 0.0506. The lowest BCUT2D eigenvalue weighted by Gasteiger charge is -2.20. The summed E-state index contributed by atoms with van der Waals surface area (Å²) in [5.41, 5.74) is 4.02. The molecule has 3 aromatic rings. The number of nitro benzene ring substituents is 1. The van der Waals surface area contributed by atoms with Gasteiger partial charge in [-0.3, -0.25) is 14.9 Å². The molecular weight excluding hydrogens is 422 g/mol. The Bertz CT molecular complexity index is 1130. The molecule has 0 bridgehead atoms. The van der Waals surface area contributed by atoms with Crippen molar-refractivity contribution in [3.63, 3.8) is 0 Å². The van der Waals surface area contributed by atoms with Crippen LogP contribution in [-0.4, -0.2) is 23.0 Å². The number of nitrogens with one attached hydrogen (secondary N) is 2. The Morgan fingerprint density at radius 1 is 0.939 bits per heavy atom. The molecule has 0 radical (unpaired) electrons. The molecule has 0 fully saturated rings. The van der Waals surface area contributed by atoms with Gasteiger partial charge < -0.3 is 15.4 Å². The molecule has 1 atom stereocenters. The van der Waals surface area contributed by atoms with Crippen molar-refractivity contribution in [2.45, 2.75) is 32.9 Å². The first-order valence-corrected chi connectivity index (χ1v) is 10.4. The lowest BCUT2D eigenvalue weighted by Crippen LogP contribution is -2.45. The third kappa shape index (κ3) is 6.64. The van der Waals surface area contributed by atoms with Gasteiger partial charge in [0.1, 0.15) is 12.6 Å². The van der Waals surface area contributed by atoms with Gasteiger partial charge in [0.25, 0.3) is 5.69 Å². The number of anilines is 1. The fourth-order valence-electron chi connectivity index (χ4n) is 3.21. The third-order valence-electron chi connectivity index (χ3n) is 5.27. The van der Waals surface area contributed by atoms with Crippen LogP contribution in [0.2, 0.25) is 0 Å². The second-order valence-electron chi connectivity index (χ2n) is 7.62. The maximum atomic E-state index is 13.1. The second-order valence-corrected chi connectivity index (χ2v) is 7.62. The number of ether oxygens (including phenoxy) is 1. The van der Waals surface area contributed by atoms with Crippen molar-refractivity contribution in [1.29, 1.82) is 0 Å². The molecule has 0 saturated carbocycles. The van der Waals surface area contributed by atoms with Gasteiger partial charge in [-0.05, 0) is 42.2 Å². The average molecular weight is 447 g/mol. The van der Waals surface area contributed by atoms with Crippen LogP contribution in [0, 0.1) is 24.0 Å². The molecule has 0 aliphatic heterocycles. The monoisotopic (exact) mass is 447 g/mol.